The maximum Gasteiger partial charge on any atom is 0.139 e. The summed E-state index contributed by atoms with van der Waals surface area (Å²) in [4.78, 5) is 25.2. The van der Waals surface area contributed by atoms with Gasteiger partial charge in [-0.2, -0.15) is 0 Å². The topological polar surface area (TPSA) is 58.6 Å². The van der Waals surface area contributed by atoms with Crippen molar-refractivity contribution in [2.24, 2.45) is 0 Å². The monoisotopic (exact) mass is 366 g/mol. The van der Waals surface area contributed by atoms with Gasteiger partial charge in [-0.15, -0.1) is 11.3 Å². The average Bonchev–Trinajstić information content (AvgIpc) is 3.13. The number of halogens is 1. The summed E-state index contributed by atoms with van der Waals surface area (Å²) in [5.74, 6) is 0.920. The minimum atomic E-state index is -0.210. The molecular weight excluding hydrogens is 348 g/mol. The van der Waals surface area contributed by atoms with Crippen molar-refractivity contribution in [2.75, 3.05) is 37.7 Å². The first-order valence-electron chi connectivity index (χ1n) is 7.77. The van der Waals surface area contributed by atoms with Crippen molar-refractivity contribution in [3.05, 3.63) is 39.9 Å². The van der Waals surface area contributed by atoms with Gasteiger partial charge in [0.15, 0.2) is 0 Å². The van der Waals surface area contributed by atoms with E-state index in [9.17, 15) is 4.79 Å². The highest BCUT2D eigenvalue weighted by atomic mass is 35.5. The number of aldehydes is 1. The van der Waals surface area contributed by atoms with Crippen LogP contribution in [0.1, 0.15) is 4.88 Å². The molecule has 0 spiro atoms. The Labute approximate surface area is 150 Å². The van der Waals surface area contributed by atoms with Crippen LogP contribution in [0.5, 0.6) is 0 Å². The Bertz CT molecular complexity index is 630. The predicted octanol–water partition coefficient (Wildman–Crippen LogP) is 2.10. The number of carbonyl (C=O) groups excluding carboxylic acids is 1. The third kappa shape index (κ3) is 4.51. The molecule has 0 radical (unpaired) electrons. The standard InChI is InChI=1S/C16H19ClN4O2S/c17-13-1-2-16(19-7-13)21-5-3-20(4-6-21)14(9-22)10-23-11-15-8-18-12-24-15/h1-2,7-9,12,14H,3-6,10-11H2. The van der Waals surface area contributed by atoms with Crippen LogP contribution < -0.4 is 4.90 Å². The number of pyridine rings is 1. The van der Waals surface area contributed by atoms with Crippen LogP contribution >= 0.6 is 22.9 Å². The lowest BCUT2D eigenvalue weighted by atomic mass is 10.2. The molecule has 1 saturated heterocycles. The van der Waals surface area contributed by atoms with Gasteiger partial charge in [0.2, 0.25) is 0 Å². The number of aromatic nitrogens is 2. The lowest BCUT2D eigenvalue weighted by molar-refractivity contribution is -0.115. The second kappa shape index (κ2) is 8.53. The zero-order valence-electron chi connectivity index (χ0n) is 13.2. The van der Waals surface area contributed by atoms with Gasteiger partial charge in [-0.3, -0.25) is 9.88 Å². The molecule has 1 aliphatic heterocycles. The molecule has 0 amide bonds. The number of carbonyl (C=O) groups is 1. The quantitative estimate of drug-likeness (QED) is 0.699. The van der Waals surface area contributed by atoms with Gasteiger partial charge in [0.25, 0.3) is 0 Å². The lowest BCUT2D eigenvalue weighted by Crippen LogP contribution is -2.52. The summed E-state index contributed by atoms with van der Waals surface area (Å²) in [7, 11) is 0. The first-order valence-corrected chi connectivity index (χ1v) is 9.03. The number of rotatable bonds is 7. The number of nitrogens with zero attached hydrogens (tertiary/aromatic N) is 4. The Morgan fingerprint density at radius 2 is 2.12 bits per heavy atom. The molecule has 0 aliphatic carbocycles. The lowest BCUT2D eigenvalue weighted by Gasteiger charge is -2.37. The van der Waals surface area contributed by atoms with Crippen molar-refractivity contribution in [3.63, 3.8) is 0 Å². The summed E-state index contributed by atoms with van der Waals surface area (Å²) < 4.78 is 5.67. The van der Waals surface area contributed by atoms with E-state index in [1.807, 2.05) is 12.1 Å². The van der Waals surface area contributed by atoms with Crippen LogP contribution in [-0.2, 0) is 16.1 Å². The van der Waals surface area contributed by atoms with Crippen molar-refractivity contribution in [1.82, 2.24) is 14.9 Å². The molecular formula is C16H19ClN4O2S. The van der Waals surface area contributed by atoms with E-state index in [1.165, 1.54) is 0 Å². The van der Waals surface area contributed by atoms with Gasteiger partial charge >= 0.3 is 0 Å². The van der Waals surface area contributed by atoms with E-state index < -0.39 is 0 Å². The molecule has 24 heavy (non-hydrogen) atoms. The summed E-state index contributed by atoms with van der Waals surface area (Å²) in [5.41, 5.74) is 1.78. The number of anilines is 1. The summed E-state index contributed by atoms with van der Waals surface area (Å²) in [6, 6.07) is 3.56. The zero-order valence-corrected chi connectivity index (χ0v) is 14.7. The maximum absolute atomic E-state index is 11.4. The first-order chi connectivity index (χ1) is 11.8. The molecule has 0 saturated carbocycles. The molecule has 1 atom stereocenters. The van der Waals surface area contributed by atoms with E-state index in [0.717, 1.165) is 43.2 Å². The van der Waals surface area contributed by atoms with Crippen LogP contribution in [0.3, 0.4) is 0 Å². The fourth-order valence-corrected chi connectivity index (χ4v) is 3.30. The number of ether oxygens (including phenoxy) is 1. The van der Waals surface area contributed by atoms with Crippen LogP contribution in [0.25, 0.3) is 0 Å². The Morgan fingerprint density at radius 1 is 1.29 bits per heavy atom. The highest BCUT2D eigenvalue weighted by Gasteiger charge is 2.24. The average molecular weight is 367 g/mol. The smallest absolute Gasteiger partial charge is 0.139 e. The molecule has 0 aromatic carbocycles. The molecule has 1 unspecified atom stereocenters. The van der Waals surface area contributed by atoms with Crippen molar-refractivity contribution < 1.29 is 9.53 Å². The minimum absolute atomic E-state index is 0.210. The fraction of sp³-hybridized carbons (Fsp3) is 0.438. The summed E-state index contributed by atoms with van der Waals surface area (Å²) >= 11 is 7.43. The molecule has 128 valence electrons. The SMILES string of the molecule is O=CC(COCc1cncs1)N1CCN(c2ccc(Cl)cn2)CC1. The zero-order chi connectivity index (χ0) is 16.8. The molecule has 1 aliphatic rings. The normalized spacial score (nSPS) is 17.0. The molecule has 2 aromatic heterocycles. The molecule has 0 N–H and O–H groups in total. The van der Waals surface area contributed by atoms with Gasteiger partial charge in [0.1, 0.15) is 12.1 Å². The number of thiazole rings is 1. The molecule has 3 heterocycles. The molecule has 6 nitrogen and oxygen atoms in total. The third-order valence-corrected chi connectivity index (χ3v) is 4.97. The summed E-state index contributed by atoms with van der Waals surface area (Å²) in [6.45, 7) is 4.17. The Balaban J connectivity index is 1.47. The summed E-state index contributed by atoms with van der Waals surface area (Å²) in [5, 5.41) is 0.636. The molecule has 1 fully saturated rings. The minimum Gasteiger partial charge on any atom is -0.374 e. The third-order valence-electron chi connectivity index (χ3n) is 3.99. The van der Waals surface area contributed by atoms with E-state index in [0.29, 0.717) is 18.2 Å². The highest BCUT2D eigenvalue weighted by Crippen LogP contribution is 2.17. The molecule has 2 aromatic rings. The largest absolute Gasteiger partial charge is 0.374 e. The van der Waals surface area contributed by atoms with Gasteiger partial charge in [0, 0.05) is 38.6 Å². The Hall–Kier alpha value is -1.54. The number of hydrogen-bond donors (Lipinski definition) is 0. The van der Waals surface area contributed by atoms with Crippen molar-refractivity contribution in [1.29, 1.82) is 0 Å². The predicted molar refractivity (Wildman–Crippen MR) is 94.7 cm³/mol. The van der Waals surface area contributed by atoms with Crippen LogP contribution in [-0.4, -0.2) is 60.0 Å². The van der Waals surface area contributed by atoms with E-state index in [-0.39, 0.29) is 6.04 Å². The van der Waals surface area contributed by atoms with Crippen molar-refractivity contribution in [3.8, 4) is 0 Å². The van der Waals surface area contributed by atoms with Gasteiger partial charge in [-0.05, 0) is 12.1 Å². The van der Waals surface area contributed by atoms with E-state index in [4.69, 9.17) is 16.3 Å². The molecule has 3 rings (SSSR count). The summed E-state index contributed by atoms with van der Waals surface area (Å²) in [6.07, 6.45) is 4.42. The first kappa shape index (κ1) is 17.3. The molecule has 8 heteroatoms. The van der Waals surface area contributed by atoms with Crippen molar-refractivity contribution in [2.45, 2.75) is 12.6 Å². The van der Waals surface area contributed by atoms with Crippen molar-refractivity contribution >= 4 is 35.0 Å². The second-order valence-corrected chi connectivity index (χ2v) is 6.95. The van der Waals surface area contributed by atoms with Gasteiger partial charge < -0.3 is 14.4 Å². The van der Waals surface area contributed by atoms with E-state index in [1.54, 1.807) is 29.2 Å². The number of piperazine rings is 1. The van der Waals surface area contributed by atoms with Gasteiger partial charge in [-0.25, -0.2) is 4.98 Å². The van der Waals surface area contributed by atoms with Gasteiger partial charge in [-0.1, -0.05) is 11.6 Å². The maximum atomic E-state index is 11.4. The highest BCUT2D eigenvalue weighted by molar-refractivity contribution is 7.09. The van der Waals surface area contributed by atoms with Crippen LogP contribution in [0.4, 0.5) is 5.82 Å². The Morgan fingerprint density at radius 3 is 2.75 bits per heavy atom. The second-order valence-electron chi connectivity index (χ2n) is 5.54. The fourth-order valence-electron chi connectivity index (χ4n) is 2.66. The van der Waals surface area contributed by atoms with E-state index >= 15 is 0 Å². The number of hydrogen-bond acceptors (Lipinski definition) is 7. The Kier molecular flexibility index (Phi) is 6.14. The van der Waals surface area contributed by atoms with Crippen LogP contribution in [0, 0.1) is 0 Å². The van der Waals surface area contributed by atoms with Crippen LogP contribution in [0.15, 0.2) is 30.0 Å². The van der Waals surface area contributed by atoms with Crippen LogP contribution in [0.2, 0.25) is 5.02 Å². The van der Waals surface area contributed by atoms with E-state index in [2.05, 4.69) is 19.8 Å². The van der Waals surface area contributed by atoms with Gasteiger partial charge in [0.05, 0.1) is 34.7 Å². The molecule has 0 bridgehead atoms.